The molecule has 1 aliphatic rings. The lowest BCUT2D eigenvalue weighted by atomic mass is 10.3. The van der Waals surface area contributed by atoms with Crippen molar-refractivity contribution in [2.45, 2.75) is 33.3 Å². The molecule has 0 spiro atoms. The first-order valence-electron chi connectivity index (χ1n) is 6.33. The lowest BCUT2D eigenvalue weighted by molar-refractivity contribution is 0.198. The Morgan fingerprint density at radius 2 is 2.11 bits per heavy atom. The van der Waals surface area contributed by atoms with Crippen molar-refractivity contribution in [3.63, 3.8) is 0 Å². The van der Waals surface area contributed by atoms with E-state index >= 15 is 0 Å². The zero-order valence-corrected chi connectivity index (χ0v) is 11.0. The van der Waals surface area contributed by atoms with Crippen molar-refractivity contribution < 1.29 is 5.11 Å². The molecule has 0 aliphatic carbocycles. The predicted molar refractivity (Wildman–Crippen MR) is 70.0 cm³/mol. The molecule has 1 aliphatic heterocycles. The first-order valence-corrected chi connectivity index (χ1v) is 6.33. The van der Waals surface area contributed by atoms with Crippen LogP contribution >= 0.6 is 0 Å². The summed E-state index contributed by atoms with van der Waals surface area (Å²) >= 11 is 0. The van der Waals surface area contributed by atoms with Crippen LogP contribution in [0.3, 0.4) is 0 Å². The number of anilines is 1. The number of aliphatic hydroxyl groups excluding tert-OH is 1. The van der Waals surface area contributed by atoms with Gasteiger partial charge in [0.2, 0.25) is 0 Å². The van der Waals surface area contributed by atoms with E-state index in [1.807, 2.05) is 31.4 Å². The van der Waals surface area contributed by atoms with Crippen LogP contribution < -0.4 is 4.90 Å². The highest BCUT2D eigenvalue weighted by Gasteiger charge is 2.23. The maximum atomic E-state index is 9.68. The summed E-state index contributed by atoms with van der Waals surface area (Å²) in [6.45, 7) is 7.60. The molecule has 18 heavy (non-hydrogen) atoms. The van der Waals surface area contributed by atoms with Gasteiger partial charge in [-0.15, -0.1) is 0 Å². The zero-order valence-electron chi connectivity index (χ0n) is 11.0. The normalized spacial score (nSPS) is 20.0. The van der Waals surface area contributed by atoms with E-state index < -0.39 is 0 Å². The highest BCUT2D eigenvalue weighted by Crippen LogP contribution is 2.24. The fourth-order valence-electron chi connectivity index (χ4n) is 2.51. The summed E-state index contributed by atoms with van der Waals surface area (Å²) < 4.78 is 1.90. The van der Waals surface area contributed by atoms with Gasteiger partial charge in [-0.1, -0.05) is 0 Å². The number of aryl methyl sites for hydroxylation is 3. The number of rotatable bonds is 1. The minimum Gasteiger partial charge on any atom is -0.391 e. The van der Waals surface area contributed by atoms with E-state index in [9.17, 15) is 5.11 Å². The van der Waals surface area contributed by atoms with E-state index in [4.69, 9.17) is 0 Å². The van der Waals surface area contributed by atoms with E-state index in [-0.39, 0.29) is 6.10 Å². The Morgan fingerprint density at radius 1 is 1.33 bits per heavy atom. The summed E-state index contributed by atoms with van der Waals surface area (Å²) in [6, 6.07) is 2.04. The molecule has 1 saturated heterocycles. The standard InChI is InChI=1S/C13H18N4O/c1-8-6-12(16-5-4-11(18)7-16)17-13(14-8)9(2)10(3)15-17/h6,11,18H,4-5,7H2,1-3H3/t11-/m0/s1. The van der Waals surface area contributed by atoms with Gasteiger partial charge in [-0.25, -0.2) is 4.98 Å². The van der Waals surface area contributed by atoms with Crippen LogP contribution in [-0.2, 0) is 0 Å². The predicted octanol–water partition coefficient (Wildman–Crippen LogP) is 1.23. The third-order valence-electron chi connectivity index (χ3n) is 3.65. The molecule has 3 rings (SSSR count). The number of fused-ring (bicyclic) bond motifs is 1. The van der Waals surface area contributed by atoms with Gasteiger partial charge in [0.15, 0.2) is 5.65 Å². The van der Waals surface area contributed by atoms with Gasteiger partial charge in [0.25, 0.3) is 0 Å². The fraction of sp³-hybridized carbons (Fsp3) is 0.538. The molecule has 5 nitrogen and oxygen atoms in total. The average Bonchev–Trinajstić information content (AvgIpc) is 2.86. The van der Waals surface area contributed by atoms with Crippen molar-refractivity contribution in [3.05, 3.63) is 23.0 Å². The number of β-amino-alcohol motifs (C(OH)–C–C–N with tert-alkyl or cyclic N) is 1. The van der Waals surface area contributed by atoms with Crippen LogP contribution in [0.2, 0.25) is 0 Å². The van der Waals surface area contributed by atoms with Gasteiger partial charge >= 0.3 is 0 Å². The largest absolute Gasteiger partial charge is 0.391 e. The molecule has 0 aromatic carbocycles. The number of aromatic nitrogens is 3. The lowest BCUT2D eigenvalue weighted by Gasteiger charge is -2.19. The molecular weight excluding hydrogens is 228 g/mol. The van der Waals surface area contributed by atoms with Gasteiger partial charge in [0, 0.05) is 30.4 Å². The molecule has 0 unspecified atom stereocenters. The second kappa shape index (κ2) is 3.95. The Morgan fingerprint density at radius 3 is 2.78 bits per heavy atom. The minimum atomic E-state index is -0.230. The summed E-state index contributed by atoms with van der Waals surface area (Å²) in [4.78, 5) is 6.74. The van der Waals surface area contributed by atoms with Gasteiger partial charge in [-0.05, 0) is 27.2 Å². The van der Waals surface area contributed by atoms with Gasteiger partial charge in [0.05, 0.1) is 11.8 Å². The Bertz CT molecular complexity index is 605. The first kappa shape index (κ1) is 11.5. The topological polar surface area (TPSA) is 53.7 Å². The zero-order chi connectivity index (χ0) is 12.9. The van der Waals surface area contributed by atoms with Crippen LogP contribution in [0, 0.1) is 20.8 Å². The molecule has 0 radical (unpaired) electrons. The second-order valence-corrected chi connectivity index (χ2v) is 5.09. The molecule has 1 atom stereocenters. The van der Waals surface area contributed by atoms with E-state index in [1.165, 1.54) is 0 Å². The number of nitrogens with zero attached hydrogens (tertiary/aromatic N) is 4. The Kier molecular flexibility index (Phi) is 2.52. The maximum Gasteiger partial charge on any atom is 0.160 e. The smallest absolute Gasteiger partial charge is 0.160 e. The van der Waals surface area contributed by atoms with Crippen LogP contribution in [0.5, 0.6) is 0 Å². The monoisotopic (exact) mass is 246 g/mol. The highest BCUT2D eigenvalue weighted by atomic mass is 16.3. The Hall–Kier alpha value is -1.62. The van der Waals surface area contributed by atoms with Crippen molar-refractivity contribution in [3.8, 4) is 0 Å². The van der Waals surface area contributed by atoms with Crippen LogP contribution in [0.15, 0.2) is 6.07 Å². The average molecular weight is 246 g/mol. The van der Waals surface area contributed by atoms with Crippen molar-refractivity contribution in [1.29, 1.82) is 0 Å². The molecule has 96 valence electrons. The molecule has 1 N–H and O–H groups in total. The van der Waals surface area contributed by atoms with Crippen molar-refractivity contribution in [2.75, 3.05) is 18.0 Å². The summed E-state index contributed by atoms with van der Waals surface area (Å²) in [5.41, 5.74) is 4.04. The summed E-state index contributed by atoms with van der Waals surface area (Å²) in [6.07, 6.45) is 0.591. The van der Waals surface area contributed by atoms with Crippen LogP contribution in [0.4, 0.5) is 5.82 Å². The van der Waals surface area contributed by atoms with Gasteiger partial charge in [-0.3, -0.25) is 0 Å². The quantitative estimate of drug-likeness (QED) is 0.822. The van der Waals surface area contributed by atoms with Crippen LogP contribution in [0.1, 0.15) is 23.4 Å². The molecule has 2 aromatic heterocycles. The molecule has 1 fully saturated rings. The second-order valence-electron chi connectivity index (χ2n) is 5.09. The number of aliphatic hydroxyl groups is 1. The van der Waals surface area contributed by atoms with Gasteiger partial charge in [0.1, 0.15) is 5.82 Å². The maximum absolute atomic E-state index is 9.68. The molecule has 0 saturated carbocycles. The third kappa shape index (κ3) is 1.66. The van der Waals surface area contributed by atoms with Crippen molar-refractivity contribution >= 4 is 11.5 Å². The Labute approximate surface area is 106 Å². The van der Waals surface area contributed by atoms with E-state index in [1.54, 1.807) is 0 Å². The van der Waals surface area contributed by atoms with Crippen LogP contribution in [0.25, 0.3) is 5.65 Å². The molecule has 5 heteroatoms. The molecule has 3 heterocycles. The van der Waals surface area contributed by atoms with Gasteiger partial charge in [-0.2, -0.15) is 9.61 Å². The molecule has 0 amide bonds. The summed E-state index contributed by atoms with van der Waals surface area (Å²) in [5, 5.41) is 14.2. The highest BCUT2D eigenvalue weighted by molar-refractivity contribution is 5.57. The lowest BCUT2D eigenvalue weighted by Crippen LogP contribution is -2.24. The van der Waals surface area contributed by atoms with Crippen LogP contribution in [-0.4, -0.2) is 38.9 Å². The third-order valence-corrected chi connectivity index (χ3v) is 3.65. The van der Waals surface area contributed by atoms with E-state index in [2.05, 4.69) is 15.0 Å². The molecular formula is C13H18N4O. The SMILES string of the molecule is Cc1cc(N2CC[C@H](O)C2)n2nc(C)c(C)c2n1. The van der Waals surface area contributed by atoms with Gasteiger partial charge < -0.3 is 10.0 Å². The van der Waals surface area contributed by atoms with Crippen molar-refractivity contribution in [1.82, 2.24) is 14.6 Å². The molecule has 0 bridgehead atoms. The molecule has 2 aromatic rings. The first-order chi connectivity index (χ1) is 8.56. The summed E-state index contributed by atoms with van der Waals surface area (Å²) in [7, 11) is 0. The van der Waals surface area contributed by atoms with E-state index in [0.29, 0.717) is 6.54 Å². The summed E-state index contributed by atoms with van der Waals surface area (Å²) in [5.74, 6) is 1.03. The number of hydrogen-bond donors (Lipinski definition) is 1. The minimum absolute atomic E-state index is 0.230. The van der Waals surface area contributed by atoms with E-state index in [0.717, 1.165) is 41.4 Å². The fourth-order valence-corrected chi connectivity index (χ4v) is 2.51. The number of hydrogen-bond acceptors (Lipinski definition) is 4. The van der Waals surface area contributed by atoms with Crippen molar-refractivity contribution in [2.24, 2.45) is 0 Å². The Balaban J connectivity index is 2.19.